The van der Waals surface area contributed by atoms with Crippen molar-refractivity contribution in [1.29, 1.82) is 0 Å². The topological polar surface area (TPSA) is 134 Å². The van der Waals surface area contributed by atoms with Crippen LogP contribution in [0.2, 0.25) is 0 Å². The van der Waals surface area contributed by atoms with Gasteiger partial charge in [-0.25, -0.2) is 4.79 Å². The number of esters is 1. The third kappa shape index (κ3) is 6.20. The van der Waals surface area contributed by atoms with Gasteiger partial charge in [-0.2, -0.15) is 5.10 Å². The first-order valence-corrected chi connectivity index (χ1v) is 11.7. The van der Waals surface area contributed by atoms with Gasteiger partial charge in [-0.05, 0) is 30.9 Å². The SMILES string of the molecule is CCC(CC)NC(=O)c1cc(-c2cccc(C3NC=C(C(=O)NC(C(=O)OC)C(C)C)O3)c2)n[nH]1. The number of hydrogen-bond donors (Lipinski definition) is 4. The minimum atomic E-state index is -0.782. The second-order valence-electron chi connectivity index (χ2n) is 8.67. The van der Waals surface area contributed by atoms with Crippen LogP contribution in [0.25, 0.3) is 11.3 Å². The average molecular weight is 484 g/mol. The van der Waals surface area contributed by atoms with Crippen LogP contribution in [0.5, 0.6) is 0 Å². The van der Waals surface area contributed by atoms with Gasteiger partial charge >= 0.3 is 5.97 Å². The fraction of sp³-hybridized carbons (Fsp3) is 0.440. The van der Waals surface area contributed by atoms with E-state index in [9.17, 15) is 14.4 Å². The maximum absolute atomic E-state index is 12.6. The first-order chi connectivity index (χ1) is 16.8. The highest BCUT2D eigenvalue weighted by Gasteiger charge is 2.30. The number of hydrogen-bond acceptors (Lipinski definition) is 7. The molecule has 35 heavy (non-hydrogen) atoms. The molecule has 0 saturated heterocycles. The lowest BCUT2D eigenvalue weighted by atomic mass is 10.0. The molecule has 188 valence electrons. The summed E-state index contributed by atoms with van der Waals surface area (Å²) in [5, 5.41) is 15.8. The molecule has 4 N–H and O–H groups in total. The molecule has 10 heteroatoms. The van der Waals surface area contributed by atoms with Crippen LogP contribution in [0, 0.1) is 5.92 Å². The second kappa shape index (κ2) is 11.5. The number of nitrogens with one attached hydrogen (secondary N) is 4. The molecule has 1 aliphatic heterocycles. The molecular weight excluding hydrogens is 450 g/mol. The number of ether oxygens (including phenoxy) is 2. The molecule has 0 bridgehead atoms. The Bertz CT molecular complexity index is 1090. The Balaban J connectivity index is 1.66. The molecule has 0 fully saturated rings. The lowest BCUT2D eigenvalue weighted by Crippen LogP contribution is -2.45. The zero-order valence-corrected chi connectivity index (χ0v) is 20.7. The van der Waals surface area contributed by atoms with E-state index in [4.69, 9.17) is 9.47 Å². The Morgan fingerprint density at radius 1 is 1.11 bits per heavy atom. The van der Waals surface area contributed by atoms with E-state index in [0.717, 1.165) is 24.0 Å². The van der Waals surface area contributed by atoms with Gasteiger partial charge in [0.2, 0.25) is 5.76 Å². The number of aromatic nitrogens is 2. The summed E-state index contributed by atoms with van der Waals surface area (Å²) in [7, 11) is 1.28. The Morgan fingerprint density at radius 3 is 2.51 bits per heavy atom. The third-order valence-electron chi connectivity index (χ3n) is 5.87. The zero-order chi connectivity index (χ0) is 25.5. The molecule has 2 amide bonds. The largest absolute Gasteiger partial charge is 0.467 e. The number of H-pyrrole nitrogens is 1. The molecule has 0 radical (unpaired) electrons. The van der Waals surface area contributed by atoms with Gasteiger partial charge in [-0.1, -0.05) is 45.9 Å². The lowest BCUT2D eigenvalue weighted by Gasteiger charge is -2.20. The summed E-state index contributed by atoms with van der Waals surface area (Å²) >= 11 is 0. The summed E-state index contributed by atoms with van der Waals surface area (Å²) in [6.45, 7) is 7.69. The molecular formula is C25H33N5O5. The molecule has 2 unspecified atom stereocenters. The van der Waals surface area contributed by atoms with E-state index >= 15 is 0 Å². The van der Waals surface area contributed by atoms with E-state index in [1.165, 1.54) is 13.3 Å². The normalized spacial score (nSPS) is 15.7. The van der Waals surface area contributed by atoms with Gasteiger partial charge in [0.05, 0.1) is 12.8 Å². The summed E-state index contributed by atoms with van der Waals surface area (Å²) < 4.78 is 10.6. The number of amides is 2. The van der Waals surface area contributed by atoms with Gasteiger partial charge in [-0.3, -0.25) is 14.7 Å². The van der Waals surface area contributed by atoms with Crippen LogP contribution in [0.15, 0.2) is 42.3 Å². The Hall–Kier alpha value is -3.82. The first-order valence-electron chi connectivity index (χ1n) is 11.7. The first kappa shape index (κ1) is 25.8. The number of rotatable bonds is 10. The Morgan fingerprint density at radius 2 is 1.86 bits per heavy atom. The molecule has 2 aromatic rings. The maximum Gasteiger partial charge on any atom is 0.328 e. The van der Waals surface area contributed by atoms with Crippen LogP contribution in [0.3, 0.4) is 0 Å². The summed E-state index contributed by atoms with van der Waals surface area (Å²) in [6.07, 6.45) is 2.59. The number of nitrogens with zero attached hydrogens (tertiary/aromatic N) is 1. The molecule has 2 heterocycles. The van der Waals surface area contributed by atoms with Crippen molar-refractivity contribution in [3.63, 3.8) is 0 Å². The number of carbonyl (C=O) groups is 3. The summed E-state index contributed by atoms with van der Waals surface area (Å²) in [6, 6.07) is 8.49. The smallest absolute Gasteiger partial charge is 0.328 e. The summed E-state index contributed by atoms with van der Waals surface area (Å²) in [5.41, 5.74) is 2.55. The highest BCUT2D eigenvalue weighted by atomic mass is 16.5. The molecule has 1 aromatic heterocycles. The van der Waals surface area contributed by atoms with Crippen molar-refractivity contribution in [1.82, 2.24) is 26.1 Å². The second-order valence-corrected chi connectivity index (χ2v) is 8.67. The predicted octanol–water partition coefficient (Wildman–Crippen LogP) is 2.77. The van der Waals surface area contributed by atoms with E-state index < -0.39 is 24.1 Å². The van der Waals surface area contributed by atoms with Gasteiger partial charge in [-0.15, -0.1) is 0 Å². The van der Waals surface area contributed by atoms with Crippen molar-refractivity contribution in [2.45, 2.75) is 58.8 Å². The number of methoxy groups -OCH3 is 1. The van der Waals surface area contributed by atoms with Crippen molar-refractivity contribution < 1.29 is 23.9 Å². The van der Waals surface area contributed by atoms with E-state index in [-0.39, 0.29) is 23.6 Å². The van der Waals surface area contributed by atoms with E-state index in [1.807, 2.05) is 52.0 Å². The van der Waals surface area contributed by atoms with Gasteiger partial charge < -0.3 is 25.4 Å². The Kier molecular flexibility index (Phi) is 8.51. The fourth-order valence-electron chi connectivity index (χ4n) is 3.67. The average Bonchev–Trinajstić information content (AvgIpc) is 3.55. The van der Waals surface area contributed by atoms with Crippen molar-refractivity contribution in [3.8, 4) is 11.3 Å². The highest BCUT2D eigenvalue weighted by molar-refractivity contribution is 5.95. The van der Waals surface area contributed by atoms with E-state index in [2.05, 4.69) is 26.1 Å². The molecule has 0 spiro atoms. The monoisotopic (exact) mass is 483 g/mol. The van der Waals surface area contributed by atoms with Crippen LogP contribution in [-0.2, 0) is 19.1 Å². The standard InChI is InChI=1S/C25H33N5O5/c1-6-17(7-2)27-22(31)19-12-18(29-30-19)15-9-8-10-16(11-15)24-26-13-20(35-24)23(32)28-21(14(3)4)25(33)34-5/h8-14,17,21,24,26H,6-7H2,1-5H3,(H,27,31)(H,28,32)(H,29,30). The van der Waals surface area contributed by atoms with Crippen LogP contribution >= 0.6 is 0 Å². The van der Waals surface area contributed by atoms with Crippen LogP contribution in [0.1, 0.15) is 62.8 Å². The Labute approximate surface area is 204 Å². The fourth-order valence-corrected chi connectivity index (χ4v) is 3.67. The quantitative estimate of drug-likeness (QED) is 0.382. The molecule has 2 atom stereocenters. The van der Waals surface area contributed by atoms with Crippen LogP contribution in [0.4, 0.5) is 0 Å². The van der Waals surface area contributed by atoms with Crippen molar-refractivity contribution in [2.24, 2.45) is 5.92 Å². The number of benzene rings is 1. The molecule has 10 nitrogen and oxygen atoms in total. The summed E-state index contributed by atoms with van der Waals surface area (Å²) in [5.74, 6) is -1.31. The van der Waals surface area contributed by atoms with Gasteiger partial charge in [0.1, 0.15) is 11.7 Å². The molecule has 1 aliphatic rings. The van der Waals surface area contributed by atoms with Gasteiger partial charge in [0.15, 0.2) is 6.23 Å². The predicted molar refractivity (Wildman–Crippen MR) is 130 cm³/mol. The van der Waals surface area contributed by atoms with Crippen molar-refractivity contribution >= 4 is 17.8 Å². The summed E-state index contributed by atoms with van der Waals surface area (Å²) in [4.78, 5) is 37.1. The lowest BCUT2D eigenvalue weighted by molar-refractivity contribution is -0.146. The van der Waals surface area contributed by atoms with E-state index in [0.29, 0.717) is 11.4 Å². The van der Waals surface area contributed by atoms with E-state index in [1.54, 1.807) is 6.07 Å². The highest BCUT2D eigenvalue weighted by Crippen LogP contribution is 2.27. The van der Waals surface area contributed by atoms with Gasteiger partial charge in [0, 0.05) is 23.4 Å². The van der Waals surface area contributed by atoms with Gasteiger partial charge in [0.25, 0.3) is 11.8 Å². The molecule has 0 saturated carbocycles. The third-order valence-corrected chi connectivity index (χ3v) is 5.87. The molecule has 0 aliphatic carbocycles. The zero-order valence-electron chi connectivity index (χ0n) is 20.7. The van der Waals surface area contributed by atoms with Crippen molar-refractivity contribution in [3.05, 3.63) is 53.5 Å². The number of carbonyl (C=O) groups excluding carboxylic acids is 3. The van der Waals surface area contributed by atoms with Crippen LogP contribution < -0.4 is 16.0 Å². The minimum absolute atomic E-state index is 0.0649. The maximum atomic E-state index is 12.6. The van der Waals surface area contributed by atoms with Crippen molar-refractivity contribution in [2.75, 3.05) is 7.11 Å². The minimum Gasteiger partial charge on any atom is -0.467 e. The number of aromatic amines is 1. The van der Waals surface area contributed by atoms with Crippen LogP contribution in [-0.4, -0.2) is 47.2 Å². The molecule has 3 rings (SSSR count). The molecule has 1 aromatic carbocycles.